The molecule has 4 saturated heterocycles. The van der Waals surface area contributed by atoms with Crippen LogP contribution < -0.4 is 0 Å². The van der Waals surface area contributed by atoms with Crippen LogP contribution in [0.15, 0.2) is 0 Å². The summed E-state index contributed by atoms with van der Waals surface area (Å²) < 4.78 is 12.3. The molecule has 0 unspecified atom stereocenters. The third-order valence-corrected chi connectivity index (χ3v) is 7.76. The van der Waals surface area contributed by atoms with Gasteiger partial charge in [0, 0.05) is 30.3 Å². The molecule has 6 atom stereocenters. The molecule has 0 aromatic heterocycles. The Labute approximate surface area is 113 Å². The minimum absolute atomic E-state index is 0.00509. The molecule has 0 aromatic carbocycles. The van der Waals surface area contributed by atoms with Crippen LogP contribution in [0.3, 0.4) is 0 Å². The van der Waals surface area contributed by atoms with Crippen molar-refractivity contribution in [2.45, 2.75) is 62.9 Å². The fourth-order valence-electron chi connectivity index (χ4n) is 6.91. The molecule has 0 amide bonds. The smallest absolute Gasteiger partial charge is 0.168 e. The van der Waals surface area contributed by atoms with E-state index in [9.17, 15) is 10.2 Å². The molecule has 106 valence electrons. The highest BCUT2D eigenvalue weighted by Crippen LogP contribution is 2.83. The Balaban J connectivity index is 1.76. The van der Waals surface area contributed by atoms with E-state index in [2.05, 4.69) is 6.92 Å². The Hall–Kier alpha value is -0.160. The second kappa shape index (κ2) is 2.76. The Kier molecular flexibility index (Phi) is 1.67. The Morgan fingerprint density at radius 2 is 2.05 bits per heavy atom. The zero-order chi connectivity index (χ0) is 13.1. The van der Waals surface area contributed by atoms with Gasteiger partial charge in [-0.2, -0.15) is 0 Å². The fourth-order valence-corrected chi connectivity index (χ4v) is 6.91. The molecule has 4 nitrogen and oxygen atoms in total. The van der Waals surface area contributed by atoms with Gasteiger partial charge < -0.3 is 19.7 Å². The minimum atomic E-state index is -0.979. The lowest BCUT2D eigenvalue weighted by molar-refractivity contribution is -0.381. The first kappa shape index (κ1) is 11.5. The first-order valence-corrected chi connectivity index (χ1v) is 7.57. The average Bonchev–Trinajstić information content (AvgIpc) is 2.64. The summed E-state index contributed by atoms with van der Waals surface area (Å²) in [6, 6.07) is 0. The standard InChI is InChI=1S/C15H22O4/c1-11-4-10-5-12(11,8-16)6-14(19-10)7-15(17)3-2-13(11,14)9-18-15/h10,16-17H,2-9H2,1H3/t10-,11+,12+,13+,14+,15+/m1/s1. The van der Waals surface area contributed by atoms with Crippen molar-refractivity contribution in [2.24, 2.45) is 16.2 Å². The summed E-state index contributed by atoms with van der Waals surface area (Å²) in [4.78, 5) is 0. The van der Waals surface area contributed by atoms with Crippen LogP contribution in [-0.2, 0) is 9.47 Å². The van der Waals surface area contributed by atoms with Crippen molar-refractivity contribution in [3.05, 3.63) is 0 Å². The van der Waals surface area contributed by atoms with Gasteiger partial charge in [-0.15, -0.1) is 0 Å². The summed E-state index contributed by atoms with van der Waals surface area (Å²) in [6.07, 6.45) is 5.54. The summed E-state index contributed by atoms with van der Waals surface area (Å²) in [5.74, 6) is -0.979. The second-order valence-electron chi connectivity index (χ2n) is 8.08. The van der Waals surface area contributed by atoms with Gasteiger partial charge in [-0.25, -0.2) is 0 Å². The van der Waals surface area contributed by atoms with Gasteiger partial charge in [0.25, 0.3) is 0 Å². The van der Waals surface area contributed by atoms with E-state index < -0.39 is 5.79 Å². The van der Waals surface area contributed by atoms with Crippen molar-refractivity contribution in [2.75, 3.05) is 13.2 Å². The number of aliphatic hydroxyl groups excluding tert-OH is 1. The molecular weight excluding hydrogens is 244 g/mol. The lowest BCUT2D eigenvalue weighted by Crippen LogP contribution is -2.70. The highest BCUT2D eigenvalue weighted by atomic mass is 16.6. The zero-order valence-electron chi connectivity index (χ0n) is 11.4. The molecule has 6 bridgehead atoms. The fraction of sp³-hybridized carbons (Fsp3) is 1.00. The maximum atomic E-state index is 10.5. The van der Waals surface area contributed by atoms with E-state index in [-0.39, 0.29) is 34.6 Å². The maximum absolute atomic E-state index is 10.5. The van der Waals surface area contributed by atoms with Crippen molar-refractivity contribution in [3.8, 4) is 0 Å². The maximum Gasteiger partial charge on any atom is 0.168 e. The molecule has 4 aliphatic heterocycles. The van der Waals surface area contributed by atoms with Crippen molar-refractivity contribution < 1.29 is 19.7 Å². The first-order valence-electron chi connectivity index (χ1n) is 7.57. The average molecular weight is 266 g/mol. The number of rotatable bonds is 1. The van der Waals surface area contributed by atoms with Crippen LogP contribution in [0.25, 0.3) is 0 Å². The van der Waals surface area contributed by atoms with Gasteiger partial charge in [-0.3, -0.25) is 0 Å². The van der Waals surface area contributed by atoms with Crippen LogP contribution in [0.2, 0.25) is 0 Å². The van der Waals surface area contributed by atoms with Crippen LogP contribution in [0.1, 0.15) is 45.4 Å². The molecule has 7 aliphatic rings. The van der Waals surface area contributed by atoms with Crippen molar-refractivity contribution >= 4 is 0 Å². The molecule has 7 rings (SSSR count). The van der Waals surface area contributed by atoms with E-state index in [4.69, 9.17) is 9.47 Å². The zero-order valence-corrected chi connectivity index (χ0v) is 11.4. The highest BCUT2D eigenvalue weighted by molar-refractivity contribution is 5.32. The van der Waals surface area contributed by atoms with Gasteiger partial charge in [0.2, 0.25) is 0 Å². The molecule has 4 heteroatoms. The largest absolute Gasteiger partial charge is 0.396 e. The summed E-state index contributed by atoms with van der Waals surface area (Å²) in [5, 5.41) is 20.6. The molecule has 4 heterocycles. The second-order valence-corrected chi connectivity index (χ2v) is 8.08. The number of hydrogen-bond donors (Lipinski definition) is 2. The van der Waals surface area contributed by atoms with Gasteiger partial charge >= 0.3 is 0 Å². The summed E-state index contributed by atoms with van der Waals surface area (Å²) >= 11 is 0. The van der Waals surface area contributed by atoms with Crippen LogP contribution >= 0.6 is 0 Å². The molecule has 7 fully saturated rings. The Bertz CT molecular complexity index is 469. The summed E-state index contributed by atoms with van der Waals surface area (Å²) in [6.45, 7) is 3.21. The van der Waals surface area contributed by atoms with Gasteiger partial charge in [0.15, 0.2) is 5.79 Å². The van der Waals surface area contributed by atoms with E-state index in [1.807, 2.05) is 0 Å². The van der Waals surface area contributed by atoms with Gasteiger partial charge in [-0.1, -0.05) is 6.92 Å². The molecule has 3 aliphatic carbocycles. The molecule has 2 spiro atoms. The third-order valence-electron chi connectivity index (χ3n) is 7.76. The third kappa shape index (κ3) is 0.892. The SMILES string of the molecule is C[C@]12C[C@@H]3C[C@@]1(CO)C[C@@]1(C[C@]4(O)CC[C@@]12CO4)O3. The molecule has 0 radical (unpaired) electrons. The quantitative estimate of drug-likeness (QED) is 0.748. The summed E-state index contributed by atoms with van der Waals surface area (Å²) in [7, 11) is 0. The van der Waals surface area contributed by atoms with Gasteiger partial charge in [-0.05, 0) is 31.1 Å². The molecular formula is C15H22O4. The van der Waals surface area contributed by atoms with E-state index >= 15 is 0 Å². The van der Waals surface area contributed by atoms with Crippen molar-refractivity contribution in [1.82, 2.24) is 0 Å². The molecule has 19 heavy (non-hydrogen) atoms. The van der Waals surface area contributed by atoms with E-state index in [0.29, 0.717) is 13.0 Å². The predicted octanol–water partition coefficient (Wildman–Crippen LogP) is 1.20. The monoisotopic (exact) mass is 266 g/mol. The first-order chi connectivity index (χ1) is 8.92. The Morgan fingerprint density at radius 3 is 2.74 bits per heavy atom. The van der Waals surface area contributed by atoms with Crippen LogP contribution in [0, 0.1) is 16.2 Å². The van der Waals surface area contributed by atoms with E-state index in [0.717, 1.165) is 32.1 Å². The highest BCUT2D eigenvalue weighted by Gasteiger charge is 2.85. The molecule has 2 N–H and O–H groups in total. The number of fused-ring (bicyclic) bond motifs is 2. The number of hydrogen-bond acceptors (Lipinski definition) is 4. The number of ether oxygens (including phenoxy) is 2. The lowest BCUT2D eigenvalue weighted by atomic mass is 9.50. The van der Waals surface area contributed by atoms with Crippen LogP contribution in [0.4, 0.5) is 0 Å². The normalized spacial score (nSPS) is 68.7. The Morgan fingerprint density at radius 1 is 1.21 bits per heavy atom. The minimum Gasteiger partial charge on any atom is -0.396 e. The topological polar surface area (TPSA) is 58.9 Å². The van der Waals surface area contributed by atoms with Gasteiger partial charge in [0.1, 0.15) is 0 Å². The van der Waals surface area contributed by atoms with Crippen LogP contribution in [-0.4, -0.2) is 40.9 Å². The molecule has 0 aromatic rings. The predicted molar refractivity (Wildman–Crippen MR) is 66.3 cm³/mol. The van der Waals surface area contributed by atoms with Crippen molar-refractivity contribution in [3.63, 3.8) is 0 Å². The van der Waals surface area contributed by atoms with Gasteiger partial charge in [0.05, 0.1) is 18.3 Å². The van der Waals surface area contributed by atoms with E-state index in [1.54, 1.807) is 0 Å². The lowest BCUT2D eigenvalue weighted by Gasteiger charge is -2.65. The number of aliphatic hydroxyl groups is 2. The molecule has 3 saturated carbocycles. The van der Waals surface area contributed by atoms with E-state index in [1.165, 1.54) is 0 Å². The van der Waals surface area contributed by atoms with Crippen LogP contribution in [0.5, 0.6) is 0 Å². The van der Waals surface area contributed by atoms with Crippen molar-refractivity contribution in [1.29, 1.82) is 0 Å². The summed E-state index contributed by atoms with van der Waals surface area (Å²) in [5.41, 5.74) is -0.120.